The number of ether oxygens (including phenoxy) is 1. The summed E-state index contributed by atoms with van der Waals surface area (Å²) >= 11 is 7.78. The number of hydrogen-bond donors (Lipinski definition) is 0. The molecule has 0 bridgehead atoms. The number of halogens is 1. The van der Waals surface area contributed by atoms with Crippen LogP contribution < -0.4 is 9.64 Å². The first-order valence-electron chi connectivity index (χ1n) is 10.1. The van der Waals surface area contributed by atoms with Crippen LogP contribution in [0.15, 0.2) is 36.4 Å². The summed E-state index contributed by atoms with van der Waals surface area (Å²) in [6.45, 7) is 8.77. The molecule has 0 N–H and O–H groups in total. The Labute approximate surface area is 189 Å². The summed E-state index contributed by atoms with van der Waals surface area (Å²) in [5.74, 6) is 0.846. The Kier molecular flexibility index (Phi) is 5.43. The molecule has 162 valence electrons. The summed E-state index contributed by atoms with van der Waals surface area (Å²) in [6.07, 6.45) is 0.787. The smallest absolute Gasteiger partial charge is 0.270 e. The highest BCUT2D eigenvalue weighted by Gasteiger charge is 2.41. The molecule has 1 aromatic heterocycles. The Morgan fingerprint density at radius 2 is 2.06 bits per heavy atom. The van der Waals surface area contributed by atoms with Crippen LogP contribution in [0.25, 0.3) is 10.1 Å². The quantitative estimate of drug-likeness (QED) is 0.318. The number of hydrogen-bond acceptors (Lipinski definition) is 5. The fraction of sp³-hybridized carbons (Fsp3) is 0.348. The highest BCUT2D eigenvalue weighted by Crippen LogP contribution is 2.47. The van der Waals surface area contributed by atoms with Crippen molar-refractivity contribution in [1.29, 1.82) is 0 Å². The summed E-state index contributed by atoms with van der Waals surface area (Å²) < 4.78 is 6.29. The maximum Gasteiger partial charge on any atom is 0.270 e. The Bertz CT molecular complexity index is 1200. The van der Waals surface area contributed by atoms with E-state index in [0.29, 0.717) is 26.6 Å². The number of nitro groups is 1. The molecule has 8 heteroatoms. The molecular weight excluding hydrogens is 436 g/mol. The van der Waals surface area contributed by atoms with Gasteiger partial charge < -0.3 is 9.64 Å². The zero-order valence-corrected chi connectivity index (χ0v) is 19.3. The first kappa shape index (κ1) is 21.6. The van der Waals surface area contributed by atoms with Gasteiger partial charge in [-0.25, -0.2) is 0 Å². The Hall–Kier alpha value is -2.64. The second kappa shape index (κ2) is 7.80. The molecule has 1 atom stereocenters. The molecule has 1 amide bonds. The lowest BCUT2D eigenvalue weighted by atomic mass is 9.80. The molecule has 6 nitrogen and oxygen atoms in total. The lowest BCUT2D eigenvalue weighted by Crippen LogP contribution is -2.51. The van der Waals surface area contributed by atoms with Crippen LogP contribution in [0, 0.1) is 10.1 Å². The van der Waals surface area contributed by atoms with E-state index in [-0.39, 0.29) is 17.5 Å². The fourth-order valence-corrected chi connectivity index (χ4v) is 5.93. The average Bonchev–Trinajstić information content (AvgIpc) is 3.04. The Morgan fingerprint density at radius 3 is 2.74 bits per heavy atom. The largest absolute Gasteiger partial charge is 0.494 e. The monoisotopic (exact) mass is 458 g/mol. The van der Waals surface area contributed by atoms with Gasteiger partial charge in [-0.2, -0.15) is 0 Å². The molecule has 0 spiro atoms. The van der Waals surface area contributed by atoms with E-state index in [1.54, 1.807) is 6.07 Å². The number of thiophene rings is 1. The van der Waals surface area contributed by atoms with Gasteiger partial charge in [0.15, 0.2) is 0 Å². The van der Waals surface area contributed by atoms with Crippen molar-refractivity contribution < 1.29 is 14.5 Å². The van der Waals surface area contributed by atoms with Crippen molar-refractivity contribution >= 4 is 50.3 Å². The summed E-state index contributed by atoms with van der Waals surface area (Å²) in [7, 11) is 0. The molecular formula is C23H23ClN2O4S. The molecule has 0 aliphatic carbocycles. The van der Waals surface area contributed by atoms with E-state index < -0.39 is 10.5 Å². The average molecular weight is 459 g/mol. The Balaban J connectivity index is 1.83. The van der Waals surface area contributed by atoms with Gasteiger partial charge in [0.1, 0.15) is 10.6 Å². The van der Waals surface area contributed by atoms with E-state index in [9.17, 15) is 14.9 Å². The van der Waals surface area contributed by atoms with Gasteiger partial charge in [-0.05, 0) is 62.9 Å². The molecule has 4 rings (SSSR count). The number of nitro benzene ring substituents is 1. The van der Waals surface area contributed by atoms with Crippen molar-refractivity contribution in [1.82, 2.24) is 0 Å². The van der Waals surface area contributed by atoms with Gasteiger partial charge in [-0.1, -0.05) is 18.5 Å². The number of amides is 1. The molecule has 0 radical (unpaired) electrons. The number of fused-ring (bicyclic) bond motifs is 2. The van der Waals surface area contributed by atoms with Gasteiger partial charge in [0, 0.05) is 33.4 Å². The lowest BCUT2D eigenvalue weighted by molar-refractivity contribution is -0.384. The maximum atomic E-state index is 13.8. The number of anilines is 1. The van der Waals surface area contributed by atoms with Crippen LogP contribution >= 0.6 is 22.9 Å². The van der Waals surface area contributed by atoms with E-state index in [1.807, 2.05) is 43.9 Å². The summed E-state index contributed by atoms with van der Waals surface area (Å²) in [6, 6.07) is 10.3. The highest BCUT2D eigenvalue weighted by atomic mass is 35.5. The Morgan fingerprint density at radius 1 is 1.32 bits per heavy atom. The molecule has 2 aromatic carbocycles. The van der Waals surface area contributed by atoms with Gasteiger partial charge in [0.2, 0.25) is 0 Å². The first-order chi connectivity index (χ1) is 14.6. The van der Waals surface area contributed by atoms with Crippen molar-refractivity contribution in [3.8, 4) is 5.75 Å². The molecule has 0 saturated heterocycles. The van der Waals surface area contributed by atoms with Crippen LogP contribution in [0.3, 0.4) is 0 Å². The van der Waals surface area contributed by atoms with E-state index >= 15 is 0 Å². The van der Waals surface area contributed by atoms with E-state index in [1.165, 1.54) is 23.5 Å². The molecule has 1 aliphatic rings. The van der Waals surface area contributed by atoms with Crippen LogP contribution in [0.1, 0.15) is 55.3 Å². The molecule has 2 heterocycles. The normalized spacial score (nSPS) is 17.5. The minimum atomic E-state index is -0.449. The molecule has 0 saturated carbocycles. The predicted octanol–water partition coefficient (Wildman–Crippen LogP) is 6.79. The van der Waals surface area contributed by atoms with Crippen LogP contribution in [-0.4, -0.2) is 23.0 Å². The number of benzene rings is 2. The van der Waals surface area contributed by atoms with Crippen LogP contribution in [-0.2, 0) is 0 Å². The van der Waals surface area contributed by atoms with Crippen molar-refractivity contribution in [2.24, 2.45) is 0 Å². The minimum Gasteiger partial charge on any atom is -0.494 e. The second-order valence-corrected chi connectivity index (χ2v) is 9.82. The van der Waals surface area contributed by atoms with Crippen LogP contribution in [0.4, 0.5) is 11.4 Å². The topological polar surface area (TPSA) is 72.7 Å². The van der Waals surface area contributed by atoms with Crippen molar-refractivity contribution in [3.63, 3.8) is 0 Å². The van der Waals surface area contributed by atoms with Gasteiger partial charge in [0.25, 0.3) is 11.6 Å². The third kappa shape index (κ3) is 3.66. The third-order valence-corrected chi connectivity index (χ3v) is 7.36. The third-order valence-electron chi connectivity index (χ3n) is 5.71. The maximum absolute atomic E-state index is 13.8. The predicted molar refractivity (Wildman–Crippen MR) is 125 cm³/mol. The van der Waals surface area contributed by atoms with E-state index in [2.05, 4.69) is 6.92 Å². The molecule has 0 fully saturated rings. The van der Waals surface area contributed by atoms with Gasteiger partial charge in [-0.15, -0.1) is 11.3 Å². The molecule has 31 heavy (non-hydrogen) atoms. The fourth-order valence-electron chi connectivity index (χ4n) is 4.45. The van der Waals surface area contributed by atoms with Crippen molar-refractivity contribution in [2.75, 3.05) is 11.5 Å². The SMILES string of the molecule is CCOc1ccc2c(c1)C(C)CC(C)(C)N2C(=O)c1sc2cc([N+](=O)[O-])ccc2c1Cl. The highest BCUT2D eigenvalue weighted by molar-refractivity contribution is 7.21. The zero-order valence-electron chi connectivity index (χ0n) is 17.8. The van der Waals surface area contributed by atoms with Crippen LogP contribution in [0.2, 0.25) is 5.02 Å². The number of carbonyl (C=O) groups is 1. The summed E-state index contributed by atoms with van der Waals surface area (Å²) in [5, 5.41) is 12.1. The minimum absolute atomic E-state index is 0.0228. The number of rotatable bonds is 4. The van der Waals surface area contributed by atoms with Gasteiger partial charge >= 0.3 is 0 Å². The number of non-ortho nitro benzene ring substituents is 1. The standard InChI is InChI=1S/C23H23ClN2O4S/c1-5-30-15-7-9-18-17(11-15)13(2)12-23(3,4)25(18)22(27)21-20(24)16-8-6-14(26(28)29)10-19(16)31-21/h6-11,13H,5,12H2,1-4H3. The molecule has 1 unspecified atom stereocenters. The summed E-state index contributed by atoms with van der Waals surface area (Å²) in [5.41, 5.74) is 1.45. The first-order valence-corrected chi connectivity index (χ1v) is 11.3. The van der Waals surface area contributed by atoms with Crippen molar-refractivity contribution in [2.45, 2.75) is 45.6 Å². The zero-order chi connectivity index (χ0) is 22.5. The second-order valence-electron chi connectivity index (χ2n) is 8.39. The van der Waals surface area contributed by atoms with E-state index in [4.69, 9.17) is 16.3 Å². The van der Waals surface area contributed by atoms with Gasteiger partial charge in [0.05, 0.1) is 16.6 Å². The lowest BCUT2D eigenvalue weighted by Gasteiger charge is -2.46. The van der Waals surface area contributed by atoms with Gasteiger partial charge in [-0.3, -0.25) is 14.9 Å². The van der Waals surface area contributed by atoms with Crippen LogP contribution in [0.5, 0.6) is 5.75 Å². The summed E-state index contributed by atoms with van der Waals surface area (Å²) in [4.78, 5) is 26.7. The number of nitrogens with zero attached hydrogens (tertiary/aromatic N) is 2. The van der Waals surface area contributed by atoms with Crippen molar-refractivity contribution in [3.05, 3.63) is 62.0 Å². The van der Waals surface area contributed by atoms with E-state index in [0.717, 1.165) is 23.4 Å². The molecule has 3 aromatic rings. The molecule has 1 aliphatic heterocycles. The number of carbonyl (C=O) groups excluding carboxylic acids is 1.